The van der Waals surface area contributed by atoms with E-state index in [1.807, 2.05) is 0 Å². The van der Waals surface area contributed by atoms with Crippen molar-refractivity contribution in [2.24, 2.45) is 5.10 Å². The van der Waals surface area contributed by atoms with Crippen LogP contribution in [0.15, 0.2) is 50.6 Å². The third kappa shape index (κ3) is 2.98. The third-order valence-electron chi connectivity index (χ3n) is 2.11. The summed E-state index contributed by atoms with van der Waals surface area (Å²) in [5.41, 5.74) is 2.44. The molecule has 0 radical (unpaired) electrons. The van der Waals surface area contributed by atoms with Crippen molar-refractivity contribution in [3.8, 4) is 5.75 Å². The Hall–Kier alpha value is -2.08. The molecule has 1 aromatic carbocycles. The molecule has 0 unspecified atom stereocenters. The summed E-state index contributed by atoms with van der Waals surface area (Å²) in [5, 5.41) is 13.3. The first-order chi connectivity index (χ1) is 8.66. The highest BCUT2D eigenvalue weighted by Crippen LogP contribution is 2.21. The van der Waals surface area contributed by atoms with Crippen molar-refractivity contribution >= 4 is 28.1 Å². The molecule has 0 aliphatic heterocycles. The van der Waals surface area contributed by atoms with Crippen LogP contribution in [-0.4, -0.2) is 17.2 Å². The van der Waals surface area contributed by atoms with Gasteiger partial charge in [-0.1, -0.05) is 15.9 Å². The van der Waals surface area contributed by atoms with Crippen molar-refractivity contribution in [1.82, 2.24) is 5.43 Å². The molecule has 0 aliphatic carbocycles. The van der Waals surface area contributed by atoms with Crippen LogP contribution in [0.5, 0.6) is 5.75 Å². The molecule has 0 spiro atoms. The van der Waals surface area contributed by atoms with Crippen LogP contribution >= 0.6 is 15.9 Å². The number of carbonyl (C=O) groups is 1. The Labute approximate surface area is 111 Å². The molecule has 1 amide bonds. The Morgan fingerprint density at radius 2 is 2.28 bits per heavy atom. The van der Waals surface area contributed by atoms with Gasteiger partial charge in [0.2, 0.25) is 0 Å². The Morgan fingerprint density at radius 3 is 2.94 bits per heavy atom. The number of carbonyl (C=O) groups excluding carboxylic acids is 1. The summed E-state index contributed by atoms with van der Waals surface area (Å²) in [6.07, 6.45) is 2.87. The molecule has 5 nitrogen and oxygen atoms in total. The lowest BCUT2D eigenvalue weighted by molar-refractivity contribution is 0.0952. The molecule has 1 heterocycles. The van der Waals surface area contributed by atoms with Crippen molar-refractivity contribution in [2.75, 3.05) is 0 Å². The summed E-state index contributed by atoms with van der Waals surface area (Å²) in [7, 11) is 0. The minimum atomic E-state index is -0.497. The van der Waals surface area contributed by atoms with Crippen LogP contribution < -0.4 is 5.43 Å². The lowest BCUT2D eigenvalue weighted by Gasteiger charge is -2.02. The maximum absolute atomic E-state index is 11.7. The SMILES string of the molecule is O=C(N/N=C/c1ccco1)c1ccc(Br)cc1O. The van der Waals surface area contributed by atoms with Gasteiger partial charge in [-0.05, 0) is 30.3 Å². The van der Waals surface area contributed by atoms with Crippen LogP contribution in [0.2, 0.25) is 0 Å². The number of halogens is 1. The third-order valence-corrected chi connectivity index (χ3v) is 2.60. The van der Waals surface area contributed by atoms with Gasteiger partial charge in [0.1, 0.15) is 11.5 Å². The van der Waals surface area contributed by atoms with Crippen molar-refractivity contribution in [2.45, 2.75) is 0 Å². The highest BCUT2D eigenvalue weighted by molar-refractivity contribution is 9.10. The number of furan rings is 1. The van der Waals surface area contributed by atoms with Crippen LogP contribution in [-0.2, 0) is 0 Å². The molecule has 0 bridgehead atoms. The molecule has 1 aromatic heterocycles. The maximum Gasteiger partial charge on any atom is 0.275 e. The summed E-state index contributed by atoms with van der Waals surface area (Å²) in [6, 6.07) is 8.00. The Morgan fingerprint density at radius 1 is 1.44 bits per heavy atom. The van der Waals surface area contributed by atoms with Crippen LogP contribution in [0.3, 0.4) is 0 Å². The van der Waals surface area contributed by atoms with Crippen molar-refractivity contribution in [3.63, 3.8) is 0 Å². The van der Waals surface area contributed by atoms with E-state index in [1.54, 1.807) is 18.2 Å². The quantitative estimate of drug-likeness (QED) is 0.676. The van der Waals surface area contributed by atoms with E-state index in [9.17, 15) is 9.90 Å². The molecule has 2 aromatic rings. The zero-order chi connectivity index (χ0) is 13.0. The topological polar surface area (TPSA) is 74.8 Å². The first kappa shape index (κ1) is 12.4. The van der Waals surface area contributed by atoms with Gasteiger partial charge in [0.05, 0.1) is 18.0 Å². The Kier molecular flexibility index (Phi) is 3.78. The molecule has 0 saturated heterocycles. The molecule has 0 aliphatic rings. The molecule has 2 N–H and O–H groups in total. The lowest BCUT2D eigenvalue weighted by atomic mass is 10.2. The van der Waals surface area contributed by atoms with E-state index < -0.39 is 5.91 Å². The van der Waals surface area contributed by atoms with Gasteiger partial charge in [-0.2, -0.15) is 5.10 Å². The van der Waals surface area contributed by atoms with Crippen molar-refractivity contribution in [1.29, 1.82) is 0 Å². The summed E-state index contributed by atoms with van der Waals surface area (Å²) < 4.78 is 5.69. The van der Waals surface area contributed by atoms with Crippen LogP contribution in [0.4, 0.5) is 0 Å². The molecular weight excluding hydrogens is 300 g/mol. The fourth-order valence-corrected chi connectivity index (χ4v) is 1.63. The smallest absolute Gasteiger partial charge is 0.275 e. The van der Waals surface area contributed by atoms with Gasteiger partial charge in [0.15, 0.2) is 0 Å². The van der Waals surface area contributed by atoms with Gasteiger partial charge in [-0.15, -0.1) is 0 Å². The predicted molar refractivity (Wildman–Crippen MR) is 69.6 cm³/mol. The van der Waals surface area contributed by atoms with E-state index in [0.717, 1.165) is 0 Å². The normalized spacial score (nSPS) is 10.7. The molecule has 18 heavy (non-hydrogen) atoms. The van der Waals surface area contributed by atoms with Gasteiger partial charge in [-0.3, -0.25) is 4.79 Å². The average Bonchev–Trinajstić information content (AvgIpc) is 2.81. The van der Waals surface area contributed by atoms with Crippen molar-refractivity contribution < 1.29 is 14.3 Å². The molecule has 6 heteroatoms. The summed E-state index contributed by atoms with van der Waals surface area (Å²) >= 11 is 3.19. The van der Waals surface area contributed by atoms with Gasteiger partial charge in [0, 0.05) is 4.47 Å². The largest absolute Gasteiger partial charge is 0.507 e. The number of hydrogen-bond donors (Lipinski definition) is 2. The second-order valence-corrected chi connectivity index (χ2v) is 4.29. The van der Waals surface area contributed by atoms with E-state index in [1.165, 1.54) is 24.6 Å². The zero-order valence-corrected chi connectivity index (χ0v) is 10.7. The second-order valence-electron chi connectivity index (χ2n) is 3.38. The number of hydrazone groups is 1. The van der Waals surface area contributed by atoms with Gasteiger partial charge >= 0.3 is 0 Å². The average molecular weight is 309 g/mol. The maximum atomic E-state index is 11.7. The number of nitrogens with one attached hydrogen (secondary N) is 1. The molecule has 0 fully saturated rings. The fraction of sp³-hybridized carbons (Fsp3) is 0. The number of amides is 1. The van der Waals surface area contributed by atoms with Gasteiger partial charge in [-0.25, -0.2) is 5.43 Å². The summed E-state index contributed by atoms with van der Waals surface area (Å²) in [4.78, 5) is 11.7. The summed E-state index contributed by atoms with van der Waals surface area (Å²) in [6.45, 7) is 0. The van der Waals surface area contributed by atoms with Crippen LogP contribution in [0, 0.1) is 0 Å². The highest BCUT2D eigenvalue weighted by Gasteiger charge is 2.10. The minimum absolute atomic E-state index is 0.116. The Bertz CT molecular complexity index is 579. The van der Waals surface area contributed by atoms with E-state index >= 15 is 0 Å². The van der Waals surface area contributed by atoms with E-state index in [0.29, 0.717) is 10.2 Å². The first-order valence-corrected chi connectivity index (χ1v) is 5.81. The predicted octanol–water partition coefficient (Wildman–Crippen LogP) is 2.51. The number of aromatic hydroxyl groups is 1. The van der Waals surface area contributed by atoms with E-state index in [-0.39, 0.29) is 11.3 Å². The molecule has 0 saturated carbocycles. The number of hydrogen-bond acceptors (Lipinski definition) is 4. The van der Waals surface area contributed by atoms with Gasteiger partial charge < -0.3 is 9.52 Å². The summed E-state index contributed by atoms with van der Waals surface area (Å²) in [5.74, 6) is -0.0896. The molecule has 0 atom stereocenters. The van der Waals surface area contributed by atoms with Crippen LogP contribution in [0.1, 0.15) is 16.1 Å². The van der Waals surface area contributed by atoms with Crippen LogP contribution in [0.25, 0.3) is 0 Å². The molecular formula is C12H9BrN2O3. The monoisotopic (exact) mass is 308 g/mol. The first-order valence-electron chi connectivity index (χ1n) is 5.02. The molecule has 92 valence electrons. The zero-order valence-electron chi connectivity index (χ0n) is 9.13. The highest BCUT2D eigenvalue weighted by atomic mass is 79.9. The minimum Gasteiger partial charge on any atom is -0.507 e. The number of nitrogens with zero attached hydrogens (tertiary/aromatic N) is 1. The van der Waals surface area contributed by atoms with Crippen molar-refractivity contribution in [3.05, 3.63) is 52.4 Å². The number of phenols is 1. The standard InChI is InChI=1S/C12H9BrN2O3/c13-8-3-4-10(11(16)6-8)12(17)15-14-7-9-2-1-5-18-9/h1-7,16H,(H,15,17)/b14-7+. The van der Waals surface area contributed by atoms with Gasteiger partial charge in [0.25, 0.3) is 5.91 Å². The second kappa shape index (κ2) is 5.50. The van der Waals surface area contributed by atoms with E-state index in [4.69, 9.17) is 4.42 Å². The lowest BCUT2D eigenvalue weighted by Crippen LogP contribution is -2.17. The molecule has 2 rings (SSSR count). The Balaban J connectivity index is 2.04. The number of phenolic OH excluding ortho intramolecular Hbond substituents is 1. The number of benzene rings is 1. The number of rotatable bonds is 3. The van der Waals surface area contributed by atoms with E-state index in [2.05, 4.69) is 26.5 Å². The fourth-order valence-electron chi connectivity index (χ4n) is 1.28.